The number of hydrogen-bond donors (Lipinski definition) is 2. The van der Waals surface area contributed by atoms with Gasteiger partial charge in [-0.3, -0.25) is 19.3 Å². The Kier molecular flexibility index (Phi) is 5.63. The summed E-state index contributed by atoms with van der Waals surface area (Å²) >= 11 is 0. The number of para-hydroxylation sites is 2. The number of nitrogens with zero attached hydrogens (tertiary/aromatic N) is 1. The average molecular weight is 435 g/mol. The number of carbonyl (C=O) groups is 4. The third-order valence-electron chi connectivity index (χ3n) is 5.42. The highest BCUT2D eigenvalue weighted by atomic mass is 16.5. The molecule has 9 nitrogen and oxygen atoms in total. The summed E-state index contributed by atoms with van der Waals surface area (Å²) < 4.78 is 9.98. The van der Waals surface area contributed by atoms with Gasteiger partial charge in [-0.1, -0.05) is 12.1 Å². The standard InChI is InChI=1S/C23H21N3O6/c1-31-15-9-7-14(8-10-15)26-19(27)12-13(22(26)29)11-16(23(30)32-2)20-21(28)25-18-6-4-3-5-17(18)24-20/h3-10,13,24H,11-12H2,1-2H3,(H,25,28)/b20-16+. The number of fused-ring (bicyclic) bond motifs is 1. The molecule has 0 bridgehead atoms. The molecular weight excluding hydrogens is 414 g/mol. The van der Waals surface area contributed by atoms with Gasteiger partial charge >= 0.3 is 5.97 Å². The van der Waals surface area contributed by atoms with Crippen LogP contribution in [0, 0.1) is 5.92 Å². The first-order chi connectivity index (χ1) is 15.4. The predicted molar refractivity (Wildman–Crippen MR) is 116 cm³/mol. The number of ether oxygens (including phenoxy) is 2. The molecule has 3 amide bonds. The molecule has 9 heteroatoms. The van der Waals surface area contributed by atoms with Gasteiger partial charge in [-0.15, -0.1) is 0 Å². The van der Waals surface area contributed by atoms with Crippen LogP contribution < -0.4 is 20.3 Å². The Balaban J connectivity index is 1.63. The van der Waals surface area contributed by atoms with Gasteiger partial charge in [-0.2, -0.15) is 0 Å². The van der Waals surface area contributed by atoms with Crippen LogP contribution in [0.15, 0.2) is 59.8 Å². The van der Waals surface area contributed by atoms with E-state index in [2.05, 4.69) is 10.6 Å². The van der Waals surface area contributed by atoms with E-state index in [1.165, 1.54) is 14.2 Å². The molecule has 1 unspecified atom stereocenters. The summed E-state index contributed by atoms with van der Waals surface area (Å²) in [5, 5.41) is 5.68. The third kappa shape index (κ3) is 3.80. The van der Waals surface area contributed by atoms with E-state index in [9.17, 15) is 19.2 Å². The fourth-order valence-electron chi connectivity index (χ4n) is 3.80. The number of rotatable bonds is 5. The SMILES string of the molecule is COC(=O)/C(CC1CC(=O)N(c2ccc(OC)cc2)C1=O)=C1/Nc2ccccc2NC1=O. The maximum Gasteiger partial charge on any atom is 0.336 e. The van der Waals surface area contributed by atoms with Crippen LogP contribution in [0.1, 0.15) is 12.8 Å². The highest BCUT2D eigenvalue weighted by molar-refractivity contribution is 6.21. The first-order valence-corrected chi connectivity index (χ1v) is 9.92. The Bertz CT molecular complexity index is 1140. The summed E-state index contributed by atoms with van der Waals surface area (Å²) in [5.41, 5.74) is 1.60. The normalized spacial score (nSPS) is 19.1. The number of hydrogen-bond acceptors (Lipinski definition) is 7. The molecule has 0 radical (unpaired) electrons. The number of methoxy groups -OCH3 is 2. The number of amides is 3. The topological polar surface area (TPSA) is 114 Å². The van der Waals surface area contributed by atoms with Gasteiger partial charge in [0, 0.05) is 6.42 Å². The molecule has 0 aliphatic carbocycles. The van der Waals surface area contributed by atoms with Crippen LogP contribution in [0.5, 0.6) is 5.75 Å². The van der Waals surface area contributed by atoms with Crippen LogP contribution in [0.3, 0.4) is 0 Å². The van der Waals surface area contributed by atoms with Gasteiger partial charge in [-0.25, -0.2) is 4.79 Å². The second kappa shape index (κ2) is 8.54. The van der Waals surface area contributed by atoms with Gasteiger partial charge in [0.25, 0.3) is 5.91 Å². The van der Waals surface area contributed by atoms with E-state index in [0.717, 1.165) is 4.90 Å². The Morgan fingerprint density at radius 3 is 2.28 bits per heavy atom. The van der Waals surface area contributed by atoms with Crippen molar-refractivity contribution in [3.05, 3.63) is 59.8 Å². The van der Waals surface area contributed by atoms with Gasteiger partial charge in [0.05, 0.1) is 42.8 Å². The second-order valence-corrected chi connectivity index (χ2v) is 7.34. The molecule has 2 heterocycles. The summed E-state index contributed by atoms with van der Waals surface area (Å²) in [6, 6.07) is 13.6. The van der Waals surface area contributed by atoms with Crippen LogP contribution >= 0.6 is 0 Å². The summed E-state index contributed by atoms with van der Waals surface area (Å²) in [4.78, 5) is 52.0. The number of carbonyl (C=O) groups excluding carboxylic acids is 4. The molecule has 0 saturated carbocycles. The smallest absolute Gasteiger partial charge is 0.336 e. The van der Waals surface area contributed by atoms with Crippen molar-refractivity contribution in [3.8, 4) is 5.75 Å². The van der Waals surface area contributed by atoms with Crippen LogP contribution in [0.25, 0.3) is 0 Å². The van der Waals surface area contributed by atoms with Crippen molar-refractivity contribution in [2.24, 2.45) is 5.92 Å². The zero-order valence-electron chi connectivity index (χ0n) is 17.5. The van der Waals surface area contributed by atoms with E-state index in [1.54, 1.807) is 48.5 Å². The minimum absolute atomic E-state index is 0.00121. The second-order valence-electron chi connectivity index (χ2n) is 7.34. The molecule has 2 aliphatic rings. The Morgan fingerprint density at radius 1 is 1.00 bits per heavy atom. The average Bonchev–Trinajstić information content (AvgIpc) is 3.09. The van der Waals surface area contributed by atoms with Crippen molar-refractivity contribution >= 4 is 40.8 Å². The minimum atomic E-state index is -0.807. The van der Waals surface area contributed by atoms with Gasteiger partial charge in [0.2, 0.25) is 11.8 Å². The van der Waals surface area contributed by atoms with Crippen molar-refractivity contribution in [3.63, 3.8) is 0 Å². The quantitative estimate of drug-likeness (QED) is 0.421. The number of imide groups is 1. The van der Waals surface area contributed by atoms with Crippen LogP contribution in [-0.2, 0) is 23.9 Å². The molecular formula is C23H21N3O6. The lowest BCUT2D eigenvalue weighted by molar-refractivity contribution is -0.136. The first-order valence-electron chi connectivity index (χ1n) is 9.92. The minimum Gasteiger partial charge on any atom is -0.497 e. The molecule has 0 spiro atoms. The van der Waals surface area contributed by atoms with E-state index < -0.39 is 23.7 Å². The third-order valence-corrected chi connectivity index (χ3v) is 5.42. The van der Waals surface area contributed by atoms with Crippen LogP contribution in [0.2, 0.25) is 0 Å². The Hall–Kier alpha value is -4.14. The summed E-state index contributed by atoms with van der Waals surface area (Å²) in [7, 11) is 2.72. The zero-order valence-corrected chi connectivity index (χ0v) is 17.5. The Morgan fingerprint density at radius 2 is 1.66 bits per heavy atom. The molecule has 2 aromatic rings. The number of anilines is 3. The lowest BCUT2D eigenvalue weighted by Gasteiger charge is -2.23. The van der Waals surface area contributed by atoms with E-state index in [-0.39, 0.29) is 30.0 Å². The van der Waals surface area contributed by atoms with Crippen LogP contribution in [0.4, 0.5) is 17.1 Å². The fraction of sp³-hybridized carbons (Fsp3) is 0.217. The lowest BCUT2D eigenvalue weighted by atomic mass is 9.95. The number of benzene rings is 2. The largest absolute Gasteiger partial charge is 0.497 e. The fourth-order valence-corrected chi connectivity index (χ4v) is 3.80. The van der Waals surface area contributed by atoms with Crippen LogP contribution in [-0.4, -0.2) is 37.9 Å². The van der Waals surface area contributed by atoms with Gasteiger partial charge < -0.3 is 20.1 Å². The van der Waals surface area contributed by atoms with Crippen molar-refractivity contribution < 1.29 is 28.7 Å². The van der Waals surface area contributed by atoms with Crippen molar-refractivity contribution in [2.75, 3.05) is 29.8 Å². The van der Waals surface area contributed by atoms with Gasteiger partial charge in [0.15, 0.2) is 0 Å². The molecule has 1 fully saturated rings. The van der Waals surface area contributed by atoms with Gasteiger partial charge in [-0.05, 0) is 42.8 Å². The zero-order chi connectivity index (χ0) is 22.8. The van der Waals surface area contributed by atoms with Crippen molar-refractivity contribution in [2.45, 2.75) is 12.8 Å². The predicted octanol–water partition coefficient (Wildman–Crippen LogP) is 2.46. The molecule has 2 aromatic carbocycles. The van der Waals surface area contributed by atoms with Gasteiger partial charge in [0.1, 0.15) is 11.4 Å². The van der Waals surface area contributed by atoms with E-state index in [1.807, 2.05) is 0 Å². The molecule has 1 atom stereocenters. The molecule has 2 aliphatic heterocycles. The van der Waals surface area contributed by atoms with E-state index in [4.69, 9.17) is 9.47 Å². The van der Waals surface area contributed by atoms with Crippen molar-refractivity contribution in [1.82, 2.24) is 0 Å². The molecule has 164 valence electrons. The lowest BCUT2D eigenvalue weighted by Crippen LogP contribution is -2.32. The van der Waals surface area contributed by atoms with E-state index >= 15 is 0 Å². The highest BCUT2D eigenvalue weighted by Gasteiger charge is 2.41. The Labute approximate surface area is 184 Å². The molecule has 0 aromatic heterocycles. The maximum atomic E-state index is 13.1. The summed E-state index contributed by atoms with van der Waals surface area (Å²) in [5.74, 6) is -2.31. The van der Waals surface area contributed by atoms with Crippen molar-refractivity contribution in [1.29, 1.82) is 0 Å². The first kappa shape index (κ1) is 21.1. The molecule has 1 saturated heterocycles. The molecule has 32 heavy (non-hydrogen) atoms. The number of nitrogens with one attached hydrogen (secondary N) is 2. The maximum absolute atomic E-state index is 13.1. The summed E-state index contributed by atoms with van der Waals surface area (Å²) in [6.45, 7) is 0. The molecule has 2 N–H and O–H groups in total. The highest BCUT2D eigenvalue weighted by Crippen LogP contribution is 2.34. The molecule has 4 rings (SSSR count). The summed E-state index contributed by atoms with van der Waals surface area (Å²) in [6.07, 6.45) is -0.210. The monoisotopic (exact) mass is 435 g/mol. The number of esters is 1. The van der Waals surface area contributed by atoms with E-state index in [0.29, 0.717) is 22.8 Å².